The first kappa shape index (κ1) is 14.0. The second kappa shape index (κ2) is 6.14. The molecular formula is C14H20Cl2N2. The standard InChI is InChI=1S/C14H20Cl2N2/c1-10(11-5-7-18(2)8-6-11)17-14-9-12(15)3-4-13(14)16/h3-4,9-11,17H,5-8H2,1-2H3. The number of nitrogens with one attached hydrogen (secondary N) is 1. The number of likely N-dealkylation sites (tertiary alicyclic amines) is 1. The zero-order valence-corrected chi connectivity index (χ0v) is 12.4. The number of hydrogen-bond donors (Lipinski definition) is 1. The van der Waals surface area contributed by atoms with E-state index in [1.165, 1.54) is 25.9 Å². The van der Waals surface area contributed by atoms with Crippen LogP contribution in [0.5, 0.6) is 0 Å². The van der Waals surface area contributed by atoms with Gasteiger partial charge in [0.1, 0.15) is 0 Å². The summed E-state index contributed by atoms with van der Waals surface area (Å²) in [5.74, 6) is 0.705. The van der Waals surface area contributed by atoms with E-state index in [2.05, 4.69) is 24.2 Å². The Morgan fingerprint density at radius 3 is 2.61 bits per heavy atom. The van der Waals surface area contributed by atoms with Crippen molar-refractivity contribution in [3.05, 3.63) is 28.2 Å². The van der Waals surface area contributed by atoms with E-state index in [-0.39, 0.29) is 0 Å². The molecule has 100 valence electrons. The van der Waals surface area contributed by atoms with E-state index in [1.54, 1.807) is 0 Å². The van der Waals surface area contributed by atoms with Crippen molar-refractivity contribution in [1.29, 1.82) is 0 Å². The summed E-state index contributed by atoms with van der Waals surface area (Å²) in [4.78, 5) is 2.38. The summed E-state index contributed by atoms with van der Waals surface area (Å²) in [6, 6.07) is 5.98. The fourth-order valence-corrected chi connectivity index (χ4v) is 2.84. The minimum absolute atomic E-state index is 0.426. The van der Waals surface area contributed by atoms with Gasteiger partial charge in [-0.3, -0.25) is 0 Å². The summed E-state index contributed by atoms with van der Waals surface area (Å²) in [6.07, 6.45) is 2.48. The van der Waals surface area contributed by atoms with E-state index in [0.717, 1.165) is 15.7 Å². The second-order valence-electron chi connectivity index (χ2n) is 5.20. The molecule has 1 saturated heterocycles. The van der Waals surface area contributed by atoms with Crippen LogP contribution in [0.3, 0.4) is 0 Å². The smallest absolute Gasteiger partial charge is 0.0638 e. The molecule has 1 unspecified atom stereocenters. The van der Waals surface area contributed by atoms with Crippen LogP contribution in [0.4, 0.5) is 5.69 Å². The van der Waals surface area contributed by atoms with Gasteiger partial charge >= 0.3 is 0 Å². The number of halogens is 2. The first-order valence-corrected chi connectivity index (χ1v) is 7.22. The summed E-state index contributed by atoms with van der Waals surface area (Å²) >= 11 is 12.2. The quantitative estimate of drug-likeness (QED) is 0.899. The van der Waals surface area contributed by atoms with Crippen LogP contribution < -0.4 is 5.32 Å². The van der Waals surface area contributed by atoms with Gasteiger partial charge in [-0.2, -0.15) is 0 Å². The zero-order chi connectivity index (χ0) is 13.1. The number of anilines is 1. The van der Waals surface area contributed by atoms with E-state index in [0.29, 0.717) is 12.0 Å². The number of rotatable bonds is 3. The van der Waals surface area contributed by atoms with Gasteiger partial charge < -0.3 is 10.2 Å². The highest BCUT2D eigenvalue weighted by molar-refractivity contribution is 6.35. The third kappa shape index (κ3) is 3.53. The Morgan fingerprint density at radius 1 is 1.28 bits per heavy atom. The van der Waals surface area contributed by atoms with Crippen LogP contribution in [0, 0.1) is 5.92 Å². The van der Waals surface area contributed by atoms with Crippen LogP contribution in [0.2, 0.25) is 10.0 Å². The molecular weight excluding hydrogens is 267 g/mol. The summed E-state index contributed by atoms with van der Waals surface area (Å²) < 4.78 is 0. The largest absolute Gasteiger partial charge is 0.381 e. The van der Waals surface area contributed by atoms with Gasteiger partial charge in [0, 0.05) is 11.1 Å². The van der Waals surface area contributed by atoms with Crippen LogP contribution in [-0.4, -0.2) is 31.1 Å². The van der Waals surface area contributed by atoms with Gasteiger partial charge in [0.25, 0.3) is 0 Å². The van der Waals surface area contributed by atoms with Crippen LogP contribution in [0.15, 0.2) is 18.2 Å². The Morgan fingerprint density at radius 2 is 1.94 bits per heavy atom. The van der Waals surface area contributed by atoms with Gasteiger partial charge in [-0.15, -0.1) is 0 Å². The zero-order valence-electron chi connectivity index (χ0n) is 10.9. The molecule has 1 aliphatic heterocycles. The predicted molar refractivity (Wildman–Crippen MR) is 79.8 cm³/mol. The van der Waals surface area contributed by atoms with Gasteiger partial charge in [0.05, 0.1) is 10.7 Å². The molecule has 0 saturated carbocycles. The van der Waals surface area contributed by atoms with Crippen LogP contribution in [-0.2, 0) is 0 Å². The summed E-state index contributed by atoms with van der Waals surface area (Å²) in [6.45, 7) is 4.59. The molecule has 2 rings (SSSR count). The minimum atomic E-state index is 0.426. The highest BCUT2D eigenvalue weighted by Crippen LogP contribution is 2.29. The topological polar surface area (TPSA) is 15.3 Å². The van der Waals surface area contributed by atoms with Crippen LogP contribution in [0.1, 0.15) is 19.8 Å². The molecule has 1 N–H and O–H groups in total. The number of hydrogen-bond acceptors (Lipinski definition) is 2. The van der Waals surface area contributed by atoms with E-state index in [1.807, 2.05) is 18.2 Å². The monoisotopic (exact) mass is 286 g/mol. The molecule has 0 spiro atoms. The molecule has 18 heavy (non-hydrogen) atoms. The fraction of sp³-hybridized carbons (Fsp3) is 0.571. The lowest BCUT2D eigenvalue weighted by molar-refractivity contribution is 0.208. The molecule has 1 aromatic rings. The van der Waals surface area contributed by atoms with Crippen molar-refractivity contribution < 1.29 is 0 Å². The Bertz CT molecular complexity index is 401. The van der Waals surface area contributed by atoms with Crippen molar-refractivity contribution in [2.45, 2.75) is 25.8 Å². The Balaban J connectivity index is 1.98. The van der Waals surface area contributed by atoms with Crippen molar-refractivity contribution in [3.8, 4) is 0 Å². The molecule has 2 nitrogen and oxygen atoms in total. The third-order valence-corrected chi connectivity index (χ3v) is 4.35. The summed E-state index contributed by atoms with van der Waals surface area (Å²) in [5, 5.41) is 4.96. The van der Waals surface area contributed by atoms with Crippen molar-refractivity contribution in [2.75, 3.05) is 25.5 Å². The SMILES string of the molecule is CC(Nc1cc(Cl)ccc1Cl)C1CCN(C)CC1. The number of benzene rings is 1. The van der Waals surface area contributed by atoms with Crippen molar-refractivity contribution in [2.24, 2.45) is 5.92 Å². The molecule has 1 heterocycles. The molecule has 0 aromatic heterocycles. The Kier molecular flexibility index (Phi) is 4.77. The molecule has 4 heteroatoms. The van der Waals surface area contributed by atoms with E-state index >= 15 is 0 Å². The lowest BCUT2D eigenvalue weighted by atomic mass is 9.90. The molecule has 0 radical (unpaired) electrons. The van der Waals surface area contributed by atoms with Gasteiger partial charge in [0.2, 0.25) is 0 Å². The normalized spacial score (nSPS) is 19.8. The maximum absolute atomic E-state index is 6.17. The average molecular weight is 287 g/mol. The second-order valence-corrected chi connectivity index (χ2v) is 6.04. The lowest BCUT2D eigenvalue weighted by Crippen LogP contribution is -2.37. The van der Waals surface area contributed by atoms with Gasteiger partial charge in [-0.25, -0.2) is 0 Å². The first-order chi connectivity index (χ1) is 8.56. The Hall–Kier alpha value is -0.440. The van der Waals surface area contributed by atoms with Crippen LogP contribution in [0.25, 0.3) is 0 Å². The maximum atomic E-state index is 6.17. The highest BCUT2D eigenvalue weighted by Gasteiger charge is 2.22. The Labute approximate surface area is 119 Å². The van der Waals surface area contributed by atoms with Crippen molar-refractivity contribution in [1.82, 2.24) is 4.90 Å². The van der Waals surface area contributed by atoms with Gasteiger partial charge in [-0.1, -0.05) is 23.2 Å². The molecule has 0 bridgehead atoms. The lowest BCUT2D eigenvalue weighted by Gasteiger charge is -2.33. The van der Waals surface area contributed by atoms with E-state index < -0.39 is 0 Å². The average Bonchev–Trinajstić information content (AvgIpc) is 2.34. The third-order valence-electron chi connectivity index (χ3n) is 3.78. The van der Waals surface area contributed by atoms with Gasteiger partial charge in [0.15, 0.2) is 0 Å². The number of piperidine rings is 1. The predicted octanol–water partition coefficient (Wildman–Crippen LogP) is 4.14. The minimum Gasteiger partial charge on any atom is -0.381 e. The van der Waals surface area contributed by atoms with E-state index in [4.69, 9.17) is 23.2 Å². The fourth-order valence-electron chi connectivity index (χ4n) is 2.50. The summed E-state index contributed by atoms with van der Waals surface area (Å²) in [5.41, 5.74) is 0.940. The molecule has 1 atom stereocenters. The molecule has 1 fully saturated rings. The first-order valence-electron chi connectivity index (χ1n) is 6.46. The molecule has 1 aromatic carbocycles. The van der Waals surface area contributed by atoms with Gasteiger partial charge in [-0.05, 0) is 64.0 Å². The summed E-state index contributed by atoms with van der Waals surface area (Å²) in [7, 11) is 2.18. The van der Waals surface area contributed by atoms with Crippen molar-refractivity contribution in [3.63, 3.8) is 0 Å². The highest BCUT2D eigenvalue weighted by atomic mass is 35.5. The molecule has 0 amide bonds. The maximum Gasteiger partial charge on any atom is 0.0638 e. The van der Waals surface area contributed by atoms with Crippen molar-refractivity contribution >= 4 is 28.9 Å². The van der Waals surface area contributed by atoms with E-state index in [9.17, 15) is 0 Å². The molecule has 0 aliphatic carbocycles. The van der Waals surface area contributed by atoms with Crippen LogP contribution >= 0.6 is 23.2 Å². The number of nitrogens with zero attached hydrogens (tertiary/aromatic N) is 1. The molecule has 1 aliphatic rings.